The molecule has 0 heterocycles. The Kier molecular flexibility index (Phi) is 2.77. The highest BCUT2D eigenvalue weighted by Gasteiger charge is 2.00. The first-order valence-corrected chi connectivity index (χ1v) is 9.06. The summed E-state index contributed by atoms with van der Waals surface area (Å²) in [5.74, 6) is 0. The highest BCUT2D eigenvalue weighted by atomic mass is 29.2. The fourth-order valence-corrected chi connectivity index (χ4v) is 0. The van der Waals surface area contributed by atoms with Crippen LogP contribution in [-0.4, -0.2) is 16.6 Å². The Morgan fingerprint density at radius 2 is 1.33 bits per heavy atom. The van der Waals surface area contributed by atoms with Gasteiger partial charge in [-0.2, -0.15) is 0 Å². The molecule has 0 amide bonds. The van der Waals surface area contributed by atoms with Crippen molar-refractivity contribution in [3.63, 3.8) is 0 Å². The lowest BCUT2D eigenvalue weighted by Gasteiger charge is -2.01. The topological polar surface area (TPSA) is 0 Å². The Morgan fingerprint density at radius 3 is 1.33 bits per heavy atom. The molecule has 0 bridgehead atoms. The van der Waals surface area contributed by atoms with Crippen LogP contribution < -0.4 is 0 Å². The Labute approximate surface area is 43.6 Å². The molecule has 1 radical (unpaired) electrons. The molecule has 0 aliphatic rings. The molecule has 0 saturated heterocycles. The van der Waals surface area contributed by atoms with E-state index in [1.165, 1.54) is 0 Å². The van der Waals surface area contributed by atoms with E-state index in [0.717, 1.165) is 0 Å². The molecule has 6 heavy (non-hydrogen) atoms. The van der Waals surface area contributed by atoms with Crippen LogP contribution in [0.3, 0.4) is 0 Å². The normalized spacial score (nSPS) is 11.0. The van der Waals surface area contributed by atoms with E-state index >= 15 is 0 Å². The van der Waals surface area contributed by atoms with E-state index in [-0.39, 0.29) is 16.6 Å². The smallest absolute Gasteiger partial charge is 0.0296 e. The van der Waals surface area contributed by atoms with Crippen LogP contribution in [0.2, 0.25) is 26.2 Å². The third-order valence-electron chi connectivity index (χ3n) is 1.15. The van der Waals surface area contributed by atoms with E-state index in [1.807, 2.05) is 0 Å². The van der Waals surface area contributed by atoms with Gasteiger partial charge in [0.2, 0.25) is 0 Å². The van der Waals surface area contributed by atoms with Gasteiger partial charge in [-0.1, -0.05) is 26.2 Å². The highest BCUT2D eigenvalue weighted by Crippen LogP contribution is 1.85. The largest absolute Gasteiger partial charge is 0.0743 e. The van der Waals surface area contributed by atoms with Crippen LogP contribution in [0.15, 0.2) is 0 Å². The molecular weight excluding hydrogens is 104 g/mol. The van der Waals surface area contributed by atoms with Gasteiger partial charge in [0.1, 0.15) is 0 Å². The van der Waals surface area contributed by atoms with E-state index in [1.54, 1.807) is 0 Å². The van der Waals surface area contributed by atoms with Crippen LogP contribution in [0.25, 0.3) is 0 Å². The zero-order chi connectivity index (χ0) is 5.15. The molecule has 0 aliphatic heterocycles. The maximum absolute atomic E-state index is 2.42. The third-order valence-corrected chi connectivity index (χ3v) is 10.4. The maximum Gasteiger partial charge on any atom is 0.0296 e. The standard InChI is InChI=1S/C4H13Si2/c1-5(2)6(3)4/h5H,1-4H3. The van der Waals surface area contributed by atoms with Gasteiger partial charge in [-0.25, -0.2) is 0 Å². The second kappa shape index (κ2) is 2.58. The summed E-state index contributed by atoms with van der Waals surface area (Å²) in [6.45, 7) is 9.66. The summed E-state index contributed by atoms with van der Waals surface area (Å²) in [5, 5.41) is 0. The molecule has 0 spiro atoms. The van der Waals surface area contributed by atoms with E-state index in [4.69, 9.17) is 0 Å². The summed E-state index contributed by atoms with van der Waals surface area (Å²) in [7, 11) is 0.0453. The molecule has 0 aliphatic carbocycles. The van der Waals surface area contributed by atoms with Crippen molar-refractivity contribution in [2.45, 2.75) is 26.2 Å². The second-order valence-electron chi connectivity index (χ2n) is 2.23. The van der Waals surface area contributed by atoms with Crippen molar-refractivity contribution >= 4 is 16.6 Å². The Morgan fingerprint density at radius 1 is 1.17 bits per heavy atom. The van der Waals surface area contributed by atoms with Crippen LogP contribution in [0.5, 0.6) is 0 Å². The molecule has 2 heteroatoms. The van der Waals surface area contributed by atoms with E-state index < -0.39 is 0 Å². The van der Waals surface area contributed by atoms with Crippen molar-refractivity contribution in [1.29, 1.82) is 0 Å². The van der Waals surface area contributed by atoms with E-state index in [0.29, 0.717) is 0 Å². The minimum Gasteiger partial charge on any atom is -0.0743 e. The molecule has 0 aromatic carbocycles. The van der Waals surface area contributed by atoms with Crippen LogP contribution in [0.1, 0.15) is 0 Å². The van der Waals surface area contributed by atoms with Crippen molar-refractivity contribution in [2.75, 3.05) is 0 Å². The summed E-state index contributed by atoms with van der Waals surface area (Å²) in [6.07, 6.45) is 0. The van der Waals surface area contributed by atoms with Crippen molar-refractivity contribution in [3.8, 4) is 0 Å². The van der Waals surface area contributed by atoms with Gasteiger partial charge in [0.25, 0.3) is 0 Å². The SMILES string of the molecule is C[Si](C)[SiH](C)C. The molecule has 0 atom stereocenters. The monoisotopic (exact) mass is 117 g/mol. The average Bonchev–Trinajstić information content (AvgIpc) is 1.36. The summed E-state index contributed by atoms with van der Waals surface area (Å²) in [5.41, 5.74) is 0. The Balaban J connectivity index is 2.99. The van der Waals surface area contributed by atoms with Gasteiger partial charge in [0.15, 0.2) is 0 Å². The van der Waals surface area contributed by atoms with Crippen LogP contribution in [-0.2, 0) is 0 Å². The van der Waals surface area contributed by atoms with Crippen LogP contribution in [0.4, 0.5) is 0 Å². The molecule has 0 saturated carbocycles. The molecule has 0 N–H and O–H groups in total. The minimum absolute atomic E-state index is 0.142. The Bertz CT molecular complexity index is 26.5. The second-order valence-corrected chi connectivity index (χ2v) is 13.6. The van der Waals surface area contributed by atoms with Crippen molar-refractivity contribution < 1.29 is 0 Å². The lowest BCUT2D eigenvalue weighted by Crippen LogP contribution is -2.21. The molecule has 0 unspecified atom stereocenters. The molecule has 0 rings (SSSR count). The molecular formula is C4H13Si2. The van der Waals surface area contributed by atoms with Gasteiger partial charge < -0.3 is 0 Å². The van der Waals surface area contributed by atoms with Crippen LogP contribution >= 0.6 is 0 Å². The summed E-state index contributed by atoms with van der Waals surface area (Å²) in [4.78, 5) is 0. The summed E-state index contributed by atoms with van der Waals surface area (Å²) in [6, 6.07) is 0. The molecule has 0 nitrogen and oxygen atoms in total. The summed E-state index contributed by atoms with van der Waals surface area (Å²) >= 11 is 0. The molecule has 37 valence electrons. The van der Waals surface area contributed by atoms with Crippen molar-refractivity contribution in [1.82, 2.24) is 0 Å². The third kappa shape index (κ3) is 2.66. The lowest BCUT2D eigenvalue weighted by atomic mass is 11.9. The molecule has 0 aromatic heterocycles. The van der Waals surface area contributed by atoms with Gasteiger partial charge in [0.05, 0.1) is 0 Å². The quantitative estimate of drug-likeness (QED) is 0.454. The van der Waals surface area contributed by atoms with Gasteiger partial charge in [0, 0.05) is 16.6 Å². The fraction of sp³-hybridized carbons (Fsp3) is 1.00. The first-order chi connectivity index (χ1) is 2.64. The predicted molar refractivity (Wildman–Crippen MR) is 36.4 cm³/mol. The average molecular weight is 117 g/mol. The zero-order valence-electron chi connectivity index (χ0n) is 5.08. The number of hydrogen-bond donors (Lipinski definition) is 0. The molecule has 0 aromatic rings. The van der Waals surface area contributed by atoms with Gasteiger partial charge >= 0.3 is 0 Å². The Hall–Kier alpha value is 0.434. The van der Waals surface area contributed by atoms with E-state index in [2.05, 4.69) is 26.2 Å². The van der Waals surface area contributed by atoms with E-state index in [9.17, 15) is 0 Å². The van der Waals surface area contributed by atoms with Crippen molar-refractivity contribution in [2.24, 2.45) is 0 Å². The fourth-order valence-electron chi connectivity index (χ4n) is 0. The first kappa shape index (κ1) is 6.43. The number of hydrogen-bond acceptors (Lipinski definition) is 0. The minimum atomic E-state index is -0.142. The molecule has 0 fully saturated rings. The first-order valence-electron chi connectivity index (χ1n) is 2.44. The zero-order valence-corrected chi connectivity index (χ0v) is 7.23. The maximum atomic E-state index is 2.42. The van der Waals surface area contributed by atoms with Crippen LogP contribution in [0, 0.1) is 0 Å². The lowest BCUT2D eigenvalue weighted by molar-refractivity contribution is 1.97. The van der Waals surface area contributed by atoms with Gasteiger partial charge in [-0.15, -0.1) is 0 Å². The highest BCUT2D eigenvalue weighted by molar-refractivity contribution is 7.20. The predicted octanol–water partition coefficient (Wildman–Crippen LogP) is 1.31. The van der Waals surface area contributed by atoms with Gasteiger partial charge in [-0.05, 0) is 0 Å². The number of rotatable bonds is 1. The summed E-state index contributed by atoms with van der Waals surface area (Å²) < 4.78 is 0. The van der Waals surface area contributed by atoms with Crippen molar-refractivity contribution in [3.05, 3.63) is 0 Å². The van der Waals surface area contributed by atoms with Gasteiger partial charge in [-0.3, -0.25) is 0 Å².